The zero-order valence-electron chi connectivity index (χ0n) is 29.0. The predicted octanol–water partition coefficient (Wildman–Crippen LogP) is 1.15. The fraction of sp³-hybridized carbons (Fsp3) is 1.00. The van der Waals surface area contributed by atoms with Crippen LogP contribution in [0.15, 0.2) is 0 Å². The molecule has 0 spiro atoms. The van der Waals surface area contributed by atoms with Gasteiger partial charge in [-0.25, -0.2) is 0 Å². The Bertz CT molecular complexity index is 579. The number of hydrogen-bond acceptors (Lipinski definition) is 9. The van der Waals surface area contributed by atoms with Gasteiger partial charge in [-0.05, 0) is 90.5 Å². The van der Waals surface area contributed by atoms with Crippen LogP contribution in [0, 0.1) is 0 Å². The minimum atomic E-state index is 0.279. The lowest BCUT2D eigenvalue weighted by atomic mass is 10.1. The van der Waals surface area contributed by atoms with E-state index in [9.17, 15) is 0 Å². The molecule has 0 aromatic heterocycles. The molecular formula is C31H70N8O. The Kier molecular flexibility index (Phi) is 17.9. The summed E-state index contributed by atoms with van der Waals surface area (Å²) in [4.78, 5) is 19.0. The summed E-state index contributed by atoms with van der Waals surface area (Å²) in [7, 11) is 17.4. The third-order valence-electron chi connectivity index (χ3n) is 9.73. The van der Waals surface area contributed by atoms with Crippen molar-refractivity contribution < 1.29 is 5.11 Å². The number of likely N-dealkylation sites (N-methyl/N-ethyl adjacent to an activating group) is 8. The molecule has 0 aromatic rings. The Balaban J connectivity index is 0.000000267. The van der Waals surface area contributed by atoms with E-state index in [4.69, 9.17) is 5.11 Å². The van der Waals surface area contributed by atoms with Crippen LogP contribution < -0.4 is 0 Å². The molecule has 0 bridgehead atoms. The third kappa shape index (κ3) is 13.3. The summed E-state index contributed by atoms with van der Waals surface area (Å²) in [5, 5.41) is 8.91. The van der Waals surface area contributed by atoms with E-state index in [-0.39, 0.29) is 6.61 Å². The van der Waals surface area contributed by atoms with Crippen LogP contribution in [0.1, 0.15) is 41.0 Å². The Morgan fingerprint density at radius 1 is 0.475 bits per heavy atom. The molecule has 1 N–H and O–H groups in total. The number of nitrogens with zero attached hydrogens (tertiary/aromatic N) is 8. The van der Waals surface area contributed by atoms with E-state index in [1.165, 1.54) is 52.2 Å². The summed E-state index contributed by atoms with van der Waals surface area (Å²) in [6, 6.07) is 4.00. The van der Waals surface area contributed by atoms with Crippen molar-refractivity contribution in [3.05, 3.63) is 0 Å². The van der Waals surface area contributed by atoms with E-state index in [1.807, 2.05) is 0 Å². The highest BCUT2D eigenvalue weighted by molar-refractivity contribution is 4.81. The molecule has 4 fully saturated rings. The largest absolute Gasteiger partial charge is 0.395 e. The molecule has 6 atom stereocenters. The van der Waals surface area contributed by atoms with Crippen LogP contribution in [-0.2, 0) is 0 Å². The van der Waals surface area contributed by atoms with Crippen molar-refractivity contribution in [2.75, 3.05) is 128 Å². The van der Waals surface area contributed by atoms with Gasteiger partial charge in [-0.1, -0.05) is 6.92 Å². The van der Waals surface area contributed by atoms with Gasteiger partial charge in [-0.2, -0.15) is 0 Å². The first-order valence-electron chi connectivity index (χ1n) is 15.9. The fourth-order valence-corrected chi connectivity index (χ4v) is 6.18. The van der Waals surface area contributed by atoms with Crippen LogP contribution in [0.3, 0.4) is 0 Å². The molecule has 0 aliphatic carbocycles. The van der Waals surface area contributed by atoms with Crippen LogP contribution in [0.2, 0.25) is 0 Å². The molecule has 0 radical (unpaired) electrons. The fourth-order valence-electron chi connectivity index (χ4n) is 6.18. The highest BCUT2D eigenvalue weighted by atomic mass is 16.3. The molecule has 40 heavy (non-hydrogen) atoms. The summed E-state index contributed by atoms with van der Waals surface area (Å²) >= 11 is 0. The van der Waals surface area contributed by atoms with E-state index >= 15 is 0 Å². The number of rotatable bonds is 2. The number of aliphatic hydroxyl groups is 1. The molecule has 240 valence electrons. The van der Waals surface area contributed by atoms with Crippen LogP contribution in [-0.4, -0.2) is 209 Å². The van der Waals surface area contributed by atoms with E-state index in [0.717, 1.165) is 25.7 Å². The molecule has 4 saturated heterocycles. The summed E-state index contributed by atoms with van der Waals surface area (Å²) < 4.78 is 0. The van der Waals surface area contributed by atoms with Crippen LogP contribution in [0.25, 0.3) is 0 Å². The SMILES string of the molecule is CC[C@H]1CN(C)CCN1C.CN1CCN(C)[C@H](CO)C1.C[C@@H]1CN(C)C[C@@H](C)N1C.C[C@H]1CN(C)C[C@H](C)N1C. The highest BCUT2D eigenvalue weighted by Gasteiger charge is 2.25. The average molecular weight is 571 g/mol. The van der Waals surface area contributed by atoms with Gasteiger partial charge in [0.2, 0.25) is 0 Å². The van der Waals surface area contributed by atoms with E-state index in [1.54, 1.807) is 0 Å². The van der Waals surface area contributed by atoms with E-state index in [2.05, 4.69) is 130 Å². The average Bonchev–Trinajstić information content (AvgIpc) is 2.89. The lowest BCUT2D eigenvalue weighted by Gasteiger charge is -2.40. The van der Waals surface area contributed by atoms with Gasteiger partial charge >= 0.3 is 0 Å². The molecule has 4 heterocycles. The van der Waals surface area contributed by atoms with Gasteiger partial charge in [0, 0.05) is 102 Å². The Morgan fingerprint density at radius 2 is 0.800 bits per heavy atom. The van der Waals surface area contributed by atoms with Gasteiger partial charge in [0.25, 0.3) is 0 Å². The first-order valence-corrected chi connectivity index (χ1v) is 15.9. The second kappa shape index (κ2) is 19.0. The standard InChI is InChI=1S/3C8H18N2.C7H16N2O/c2*1-7-5-9(3)6-8(2)10(7)4;1-4-8-7-9(2)5-6-10(8)3;1-8-3-4-9(2)7(5-8)6-10/h2*7-8H,5-6H2,1-4H3;8H,4-7H2,1-3H3;7,10H,3-6H2,1-2H3/t2*7-,8-;8-;7-/m1000/s1. The molecule has 0 saturated carbocycles. The number of piperazine rings is 4. The molecule has 0 aromatic carbocycles. The second-order valence-electron chi connectivity index (χ2n) is 13.6. The molecule has 9 heteroatoms. The molecule has 4 aliphatic heterocycles. The predicted molar refractivity (Wildman–Crippen MR) is 174 cm³/mol. The van der Waals surface area contributed by atoms with Crippen molar-refractivity contribution in [1.82, 2.24) is 39.2 Å². The number of hydrogen-bond donors (Lipinski definition) is 1. The quantitative estimate of drug-likeness (QED) is 0.527. The zero-order valence-corrected chi connectivity index (χ0v) is 29.0. The van der Waals surface area contributed by atoms with Gasteiger partial charge in [-0.15, -0.1) is 0 Å². The summed E-state index contributed by atoms with van der Waals surface area (Å²) in [5.74, 6) is 0. The topological polar surface area (TPSA) is 46.2 Å². The molecule has 9 nitrogen and oxygen atoms in total. The lowest BCUT2D eigenvalue weighted by Crippen LogP contribution is -2.53. The van der Waals surface area contributed by atoms with E-state index in [0.29, 0.717) is 30.2 Å². The minimum absolute atomic E-state index is 0.279. The first kappa shape index (κ1) is 37.7. The third-order valence-corrected chi connectivity index (χ3v) is 9.73. The summed E-state index contributed by atoms with van der Waals surface area (Å²) in [5.41, 5.74) is 0. The van der Waals surface area contributed by atoms with Crippen molar-refractivity contribution in [2.24, 2.45) is 0 Å². The summed E-state index contributed by atoms with van der Waals surface area (Å²) in [6.07, 6.45) is 1.28. The second-order valence-corrected chi connectivity index (χ2v) is 13.6. The summed E-state index contributed by atoms with van der Waals surface area (Å²) in [6.45, 7) is 23.4. The van der Waals surface area contributed by atoms with Crippen molar-refractivity contribution in [1.29, 1.82) is 0 Å². The molecule has 0 unspecified atom stereocenters. The highest BCUT2D eigenvalue weighted by Crippen LogP contribution is 2.12. The maximum atomic E-state index is 8.91. The maximum absolute atomic E-state index is 8.91. The maximum Gasteiger partial charge on any atom is 0.0599 e. The normalized spacial score (nSPS) is 34.6. The van der Waals surface area contributed by atoms with Crippen LogP contribution >= 0.6 is 0 Å². The van der Waals surface area contributed by atoms with Crippen LogP contribution in [0.4, 0.5) is 0 Å². The van der Waals surface area contributed by atoms with Gasteiger partial charge in [0.1, 0.15) is 0 Å². The van der Waals surface area contributed by atoms with Gasteiger partial charge in [-0.3, -0.25) is 14.7 Å². The molecule has 4 rings (SSSR count). The minimum Gasteiger partial charge on any atom is -0.395 e. The molecule has 4 aliphatic rings. The van der Waals surface area contributed by atoms with Gasteiger partial charge in [0.15, 0.2) is 0 Å². The first-order chi connectivity index (χ1) is 18.7. The molecular weight excluding hydrogens is 500 g/mol. The monoisotopic (exact) mass is 571 g/mol. The molecule has 0 amide bonds. The van der Waals surface area contributed by atoms with Gasteiger partial charge in [0.05, 0.1) is 6.61 Å². The number of aliphatic hydroxyl groups excluding tert-OH is 1. The van der Waals surface area contributed by atoms with Crippen molar-refractivity contribution in [3.63, 3.8) is 0 Å². The van der Waals surface area contributed by atoms with Gasteiger partial charge < -0.3 is 29.6 Å². The lowest BCUT2D eigenvalue weighted by molar-refractivity contribution is 0.0704. The Morgan fingerprint density at radius 3 is 1.07 bits per heavy atom. The van der Waals surface area contributed by atoms with E-state index < -0.39 is 0 Å². The smallest absolute Gasteiger partial charge is 0.0599 e. The Labute approximate surface area is 250 Å². The van der Waals surface area contributed by atoms with Crippen LogP contribution in [0.5, 0.6) is 0 Å². The zero-order chi connectivity index (χ0) is 30.6. The van der Waals surface area contributed by atoms with Crippen molar-refractivity contribution in [3.8, 4) is 0 Å². The van der Waals surface area contributed by atoms with Crippen molar-refractivity contribution >= 4 is 0 Å². The Hall–Kier alpha value is -0.360. The van der Waals surface area contributed by atoms with Crippen molar-refractivity contribution in [2.45, 2.75) is 77.3 Å².